The zero-order valence-corrected chi connectivity index (χ0v) is 10.3. The van der Waals surface area contributed by atoms with Gasteiger partial charge in [0.15, 0.2) is 0 Å². The Balaban J connectivity index is 2.13. The molecule has 17 heavy (non-hydrogen) atoms. The minimum Gasteiger partial charge on any atom is -0.449 e. The number of hydrogen-bond donors (Lipinski definition) is 1. The molecule has 0 spiro atoms. The molecule has 2 rings (SSSR count). The molecule has 1 amide bonds. The standard InChI is InChI=1S/C13H18N2O2/c1-9(2)8-17-13(16)15-7-6-10-4-3-5-11(14)12(10)15/h3-5,9H,6-8,14H2,1-2H3. The highest BCUT2D eigenvalue weighted by Gasteiger charge is 2.27. The zero-order valence-electron chi connectivity index (χ0n) is 10.3. The van der Waals surface area contributed by atoms with Gasteiger partial charge in [-0.1, -0.05) is 26.0 Å². The molecule has 4 heteroatoms. The van der Waals surface area contributed by atoms with E-state index in [4.69, 9.17) is 10.5 Å². The number of nitrogen functional groups attached to an aromatic ring is 1. The normalized spacial score (nSPS) is 13.9. The molecule has 0 aliphatic carbocycles. The largest absolute Gasteiger partial charge is 0.449 e. The van der Waals surface area contributed by atoms with Crippen LogP contribution >= 0.6 is 0 Å². The van der Waals surface area contributed by atoms with Gasteiger partial charge >= 0.3 is 6.09 Å². The number of anilines is 2. The molecule has 0 fully saturated rings. The molecule has 1 aliphatic rings. The van der Waals surface area contributed by atoms with Crippen molar-refractivity contribution < 1.29 is 9.53 Å². The van der Waals surface area contributed by atoms with Crippen LogP contribution < -0.4 is 10.6 Å². The highest BCUT2D eigenvalue weighted by molar-refractivity contribution is 5.94. The number of ether oxygens (including phenoxy) is 1. The van der Waals surface area contributed by atoms with Crippen LogP contribution in [-0.2, 0) is 11.2 Å². The van der Waals surface area contributed by atoms with Crippen molar-refractivity contribution in [3.8, 4) is 0 Å². The second-order valence-electron chi connectivity index (χ2n) is 4.73. The number of hydrogen-bond acceptors (Lipinski definition) is 3. The second-order valence-corrected chi connectivity index (χ2v) is 4.73. The van der Waals surface area contributed by atoms with Crippen molar-refractivity contribution in [3.05, 3.63) is 23.8 Å². The number of fused-ring (bicyclic) bond motifs is 1. The molecule has 1 aliphatic heterocycles. The van der Waals surface area contributed by atoms with Crippen molar-refractivity contribution in [2.45, 2.75) is 20.3 Å². The van der Waals surface area contributed by atoms with Gasteiger partial charge in [0.25, 0.3) is 0 Å². The van der Waals surface area contributed by atoms with E-state index < -0.39 is 0 Å². The quantitative estimate of drug-likeness (QED) is 0.799. The molecule has 2 N–H and O–H groups in total. The molecule has 0 aromatic heterocycles. The lowest BCUT2D eigenvalue weighted by molar-refractivity contribution is 0.140. The van der Waals surface area contributed by atoms with E-state index in [9.17, 15) is 4.79 Å². The third kappa shape index (κ3) is 2.35. The summed E-state index contributed by atoms with van der Waals surface area (Å²) in [4.78, 5) is 13.5. The maximum absolute atomic E-state index is 11.9. The van der Waals surface area contributed by atoms with Crippen LogP contribution in [0.25, 0.3) is 0 Å². The van der Waals surface area contributed by atoms with Gasteiger partial charge in [-0.15, -0.1) is 0 Å². The highest BCUT2D eigenvalue weighted by Crippen LogP contribution is 2.33. The van der Waals surface area contributed by atoms with Crippen LogP contribution in [0.2, 0.25) is 0 Å². The van der Waals surface area contributed by atoms with Gasteiger partial charge in [0.1, 0.15) is 0 Å². The Morgan fingerprint density at radius 1 is 1.53 bits per heavy atom. The first kappa shape index (κ1) is 11.8. The number of nitrogens with zero attached hydrogens (tertiary/aromatic N) is 1. The number of benzene rings is 1. The topological polar surface area (TPSA) is 55.6 Å². The maximum atomic E-state index is 11.9. The minimum absolute atomic E-state index is 0.296. The number of carbonyl (C=O) groups excluding carboxylic acids is 1. The van der Waals surface area contributed by atoms with Crippen molar-refractivity contribution >= 4 is 17.5 Å². The average molecular weight is 234 g/mol. The van der Waals surface area contributed by atoms with Crippen molar-refractivity contribution in [2.24, 2.45) is 5.92 Å². The Hall–Kier alpha value is -1.71. The summed E-state index contributed by atoms with van der Waals surface area (Å²) in [5.41, 5.74) is 8.48. The summed E-state index contributed by atoms with van der Waals surface area (Å²) in [5.74, 6) is 0.342. The molecule has 0 unspecified atom stereocenters. The van der Waals surface area contributed by atoms with E-state index in [0.717, 1.165) is 17.7 Å². The van der Waals surface area contributed by atoms with Gasteiger partial charge in [-0.25, -0.2) is 4.79 Å². The molecule has 4 nitrogen and oxygen atoms in total. The summed E-state index contributed by atoms with van der Waals surface area (Å²) >= 11 is 0. The first-order valence-corrected chi connectivity index (χ1v) is 5.91. The van der Waals surface area contributed by atoms with Gasteiger partial charge in [0, 0.05) is 6.54 Å². The summed E-state index contributed by atoms with van der Waals surface area (Å²) < 4.78 is 5.23. The molecule has 0 radical (unpaired) electrons. The molecule has 1 heterocycles. The lowest BCUT2D eigenvalue weighted by Crippen LogP contribution is -2.31. The molecule has 92 valence electrons. The number of nitrogens with two attached hydrogens (primary N) is 1. The molecular weight excluding hydrogens is 216 g/mol. The zero-order chi connectivity index (χ0) is 12.4. The Morgan fingerprint density at radius 2 is 2.29 bits per heavy atom. The van der Waals surface area contributed by atoms with Crippen molar-refractivity contribution in [1.29, 1.82) is 0 Å². The fourth-order valence-corrected chi connectivity index (χ4v) is 1.98. The molecule has 0 saturated heterocycles. The SMILES string of the molecule is CC(C)COC(=O)N1CCc2cccc(N)c21. The van der Waals surface area contributed by atoms with Gasteiger partial charge in [-0.3, -0.25) is 4.90 Å². The summed E-state index contributed by atoms with van der Waals surface area (Å²) in [7, 11) is 0. The molecule has 1 aromatic carbocycles. The molecule has 1 aromatic rings. The maximum Gasteiger partial charge on any atom is 0.414 e. The van der Waals surface area contributed by atoms with Gasteiger partial charge in [0.2, 0.25) is 0 Å². The van der Waals surface area contributed by atoms with Crippen molar-refractivity contribution in [3.63, 3.8) is 0 Å². The fourth-order valence-electron chi connectivity index (χ4n) is 1.98. The summed E-state index contributed by atoms with van der Waals surface area (Å²) in [6.45, 7) is 5.12. The van der Waals surface area contributed by atoms with E-state index in [2.05, 4.69) is 0 Å². The van der Waals surface area contributed by atoms with Crippen molar-refractivity contribution in [1.82, 2.24) is 0 Å². The number of para-hydroxylation sites is 1. The first-order valence-electron chi connectivity index (χ1n) is 5.91. The van der Waals surface area contributed by atoms with Crippen LogP contribution in [0.1, 0.15) is 19.4 Å². The van der Waals surface area contributed by atoms with Crippen molar-refractivity contribution in [2.75, 3.05) is 23.8 Å². The molecule has 0 atom stereocenters. The van der Waals surface area contributed by atoms with E-state index in [0.29, 0.717) is 24.8 Å². The predicted octanol–water partition coefficient (Wildman–Crippen LogP) is 2.42. The van der Waals surface area contributed by atoms with Crippen LogP contribution in [0.5, 0.6) is 0 Å². The minimum atomic E-state index is -0.296. The van der Waals surface area contributed by atoms with Crippen LogP contribution in [0, 0.1) is 5.92 Å². The first-order chi connectivity index (χ1) is 8.09. The average Bonchev–Trinajstić information content (AvgIpc) is 2.71. The van der Waals surface area contributed by atoms with Crippen LogP contribution in [-0.4, -0.2) is 19.2 Å². The lowest BCUT2D eigenvalue weighted by atomic mass is 10.1. The van der Waals surface area contributed by atoms with E-state index in [1.807, 2.05) is 32.0 Å². The van der Waals surface area contributed by atoms with Crippen LogP contribution in [0.15, 0.2) is 18.2 Å². The van der Waals surface area contributed by atoms with Gasteiger partial charge in [-0.05, 0) is 24.0 Å². The molecular formula is C13H18N2O2. The molecule has 0 bridgehead atoms. The Kier molecular flexibility index (Phi) is 3.22. The Morgan fingerprint density at radius 3 is 3.00 bits per heavy atom. The Labute approximate surface area is 101 Å². The summed E-state index contributed by atoms with van der Waals surface area (Å²) in [6, 6.07) is 5.73. The monoisotopic (exact) mass is 234 g/mol. The lowest BCUT2D eigenvalue weighted by Gasteiger charge is -2.19. The fraction of sp³-hybridized carbons (Fsp3) is 0.462. The van der Waals surface area contributed by atoms with Crippen LogP contribution in [0.3, 0.4) is 0 Å². The number of rotatable bonds is 2. The Bertz CT molecular complexity index is 429. The molecule has 0 saturated carbocycles. The van der Waals surface area contributed by atoms with Gasteiger partial charge in [0.05, 0.1) is 18.0 Å². The van der Waals surface area contributed by atoms with E-state index >= 15 is 0 Å². The second kappa shape index (κ2) is 4.65. The third-order valence-corrected chi connectivity index (χ3v) is 2.79. The van der Waals surface area contributed by atoms with Crippen LogP contribution in [0.4, 0.5) is 16.2 Å². The number of carbonyl (C=O) groups is 1. The van der Waals surface area contributed by atoms with E-state index in [1.165, 1.54) is 0 Å². The summed E-state index contributed by atoms with van der Waals surface area (Å²) in [5, 5.41) is 0. The summed E-state index contributed by atoms with van der Waals surface area (Å²) in [6.07, 6.45) is 0.548. The third-order valence-electron chi connectivity index (χ3n) is 2.79. The highest BCUT2D eigenvalue weighted by atomic mass is 16.6. The smallest absolute Gasteiger partial charge is 0.414 e. The van der Waals surface area contributed by atoms with Gasteiger partial charge in [-0.2, -0.15) is 0 Å². The van der Waals surface area contributed by atoms with Gasteiger partial charge < -0.3 is 10.5 Å². The predicted molar refractivity (Wildman–Crippen MR) is 68.1 cm³/mol. The number of amides is 1. The van der Waals surface area contributed by atoms with E-state index in [1.54, 1.807) is 4.90 Å². The van der Waals surface area contributed by atoms with E-state index in [-0.39, 0.29) is 6.09 Å².